The number of non-ortho nitro benzene ring substituents is 1. The van der Waals surface area contributed by atoms with Gasteiger partial charge in [0.05, 0.1) is 15.9 Å². The summed E-state index contributed by atoms with van der Waals surface area (Å²) < 4.78 is 6.03. The lowest BCUT2D eigenvalue weighted by Crippen LogP contribution is -2.07. The molecule has 0 fully saturated rings. The maximum Gasteiger partial charge on any atom is 0.269 e. The van der Waals surface area contributed by atoms with Crippen molar-refractivity contribution in [1.29, 1.82) is 0 Å². The van der Waals surface area contributed by atoms with Gasteiger partial charge >= 0.3 is 0 Å². The fourth-order valence-electron chi connectivity index (χ4n) is 3.00. The Kier molecular flexibility index (Phi) is 4.56. The maximum absolute atomic E-state index is 13.1. The van der Waals surface area contributed by atoms with Gasteiger partial charge in [-0.2, -0.15) is 0 Å². The number of nitro groups is 1. The quantitative estimate of drug-likeness (QED) is 0.350. The lowest BCUT2D eigenvalue weighted by atomic mass is 10.0. The zero-order valence-corrected chi connectivity index (χ0v) is 14.7. The average molecular weight is 369 g/mol. The van der Waals surface area contributed by atoms with Gasteiger partial charge < -0.3 is 4.42 Å². The molecule has 0 aliphatic heterocycles. The lowest BCUT2D eigenvalue weighted by Gasteiger charge is -2.08. The fourth-order valence-corrected chi connectivity index (χ4v) is 3.00. The number of nitro benzene ring substituents is 1. The Morgan fingerprint density at radius 1 is 0.821 bits per heavy atom. The van der Waals surface area contributed by atoms with E-state index in [0.29, 0.717) is 27.9 Å². The monoisotopic (exact) mass is 369 g/mol. The average Bonchev–Trinajstić information content (AvgIpc) is 2.74. The molecule has 4 rings (SSSR count). The molecule has 0 aliphatic carbocycles. The molecular weight excluding hydrogens is 354 g/mol. The van der Waals surface area contributed by atoms with E-state index in [1.807, 2.05) is 36.4 Å². The van der Waals surface area contributed by atoms with Crippen molar-refractivity contribution in [2.75, 3.05) is 0 Å². The summed E-state index contributed by atoms with van der Waals surface area (Å²) >= 11 is 0. The minimum absolute atomic E-state index is 0.0201. The number of hydrogen-bond donors (Lipinski definition) is 0. The molecule has 0 saturated carbocycles. The SMILES string of the molecule is O=c1c(/C=C/c2ccccc2)c(-c2ccc([N+](=O)[O-])cc2)oc2ccccc12. The second kappa shape index (κ2) is 7.32. The molecular formula is C23H15NO4. The Balaban J connectivity index is 1.92. The Hall–Kier alpha value is -3.99. The third-order valence-corrected chi connectivity index (χ3v) is 4.42. The molecule has 4 aromatic rings. The van der Waals surface area contributed by atoms with Crippen LogP contribution in [-0.4, -0.2) is 4.92 Å². The molecule has 1 aromatic heterocycles. The van der Waals surface area contributed by atoms with Crippen molar-refractivity contribution in [2.24, 2.45) is 0 Å². The summed E-state index contributed by atoms with van der Waals surface area (Å²) in [6.07, 6.45) is 3.57. The molecule has 0 aliphatic rings. The van der Waals surface area contributed by atoms with Crippen LogP contribution < -0.4 is 5.43 Å². The topological polar surface area (TPSA) is 73.3 Å². The molecule has 0 bridgehead atoms. The molecule has 3 aromatic carbocycles. The molecule has 5 heteroatoms. The number of hydrogen-bond acceptors (Lipinski definition) is 4. The number of benzene rings is 3. The lowest BCUT2D eigenvalue weighted by molar-refractivity contribution is -0.384. The van der Waals surface area contributed by atoms with Crippen LogP contribution in [0.2, 0.25) is 0 Å². The van der Waals surface area contributed by atoms with Crippen molar-refractivity contribution in [1.82, 2.24) is 0 Å². The molecule has 0 amide bonds. The van der Waals surface area contributed by atoms with E-state index in [-0.39, 0.29) is 11.1 Å². The van der Waals surface area contributed by atoms with E-state index < -0.39 is 4.92 Å². The zero-order valence-electron chi connectivity index (χ0n) is 14.7. The van der Waals surface area contributed by atoms with Crippen LogP contribution in [0.15, 0.2) is 88.1 Å². The third kappa shape index (κ3) is 3.33. The van der Waals surface area contributed by atoms with Crippen molar-refractivity contribution in [3.8, 4) is 11.3 Å². The fraction of sp³-hybridized carbons (Fsp3) is 0. The van der Waals surface area contributed by atoms with Gasteiger partial charge in [-0.05, 0) is 35.9 Å². The summed E-state index contributed by atoms with van der Waals surface area (Å²) in [6.45, 7) is 0. The molecule has 28 heavy (non-hydrogen) atoms. The minimum Gasteiger partial charge on any atom is -0.455 e. The maximum atomic E-state index is 13.1. The van der Waals surface area contributed by atoms with Crippen LogP contribution in [-0.2, 0) is 0 Å². The van der Waals surface area contributed by atoms with Crippen molar-refractivity contribution >= 4 is 28.8 Å². The van der Waals surface area contributed by atoms with Crippen LogP contribution in [0.5, 0.6) is 0 Å². The van der Waals surface area contributed by atoms with E-state index in [4.69, 9.17) is 4.42 Å². The van der Waals surface area contributed by atoms with Crippen LogP contribution in [0, 0.1) is 10.1 Å². The molecule has 5 nitrogen and oxygen atoms in total. The minimum atomic E-state index is -0.462. The highest BCUT2D eigenvalue weighted by Crippen LogP contribution is 2.28. The van der Waals surface area contributed by atoms with E-state index in [1.165, 1.54) is 12.1 Å². The van der Waals surface area contributed by atoms with Gasteiger partial charge in [0.2, 0.25) is 5.43 Å². The normalized spacial score (nSPS) is 11.1. The summed E-state index contributed by atoms with van der Waals surface area (Å²) in [5.74, 6) is 0.380. The Morgan fingerprint density at radius 2 is 1.50 bits per heavy atom. The first-order chi connectivity index (χ1) is 13.6. The van der Waals surface area contributed by atoms with Gasteiger partial charge in [-0.25, -0.2) is 0 Å². The molecule has 0 radical (unpaired) electrons. The molecule has 0 atom stereocenters. The van der Waals surface area contributed by atoms with Gasteiger partial charge in [-0.15, -0.1) is 0 Å². The Bertz CT molecular complexity index is 1240. The van der Waals surface area contributed by atoms with E-state index >= 15 is 0 Å². The largest absolute Gasteiger partial charge is 0.455 e. The van der Waals surface area contributed by atoms with Crippen molar-refractivity contribution in [3.63, 3.8) is 0 Å². The Morgan fingerprint density at radius 3 is 2.21 bits per heavy atom. The van der Waals surface area contributed by atoms with E-state index in [1.54, 1.807) is 42.5 Å². The van der Waals surface area contributed by atoms with Gasteiger partial charge in [-0.1, -0.05) is 48.5 Å². The summed E-state index contributed by atoms with van der Waals surface area (Å²) in [5, 5.41) is 11.4. The molecule has 0 spiro atoms. The predicted molar refractivity (Wildman–Crippen MR) is 110 cm³/mol. The first-order valence-corrected chi connectivity index (χ1v) is 8.67. The number of para-hydroxylation sites is 1. The van der Waals surface area contributed by atoms with Gasteiger partial charge in [0, 0.05) is 17.7 Å². The number of nitrogens with zero attached hydrogens (tertiary/aromatic N) is 1. The van der Waals surface area contributed by atoms with Gasteiger partial charge in [-0.3, -0.25) is 14.9 Å². The van der Waals surface area contributed by atoms with Crippen LogP contribution >= 0.6 is 0 Å². The smallest absolute Gasteiger partial charge is 0.269 e. The molecule has 1 heterocycles. The molecule has 0 N–H and O–H groups in total. The van der Waals surface area contributed by atoms with E-state index in [0.717, 1.165) is 5.56 Å². The molecule has 136 valence electrons. The standard InChI is InChI=1S/C23H15NO4/c25-22-19-8-4-5-9-21(19)28-23(17-11-13-18(14-12-17)24(26)27)20(22)15-10-16-6-2-1-3-7-16/h1-15H/b15-10+. The molecule has 0 saturated heterocycles. The summed E-state index contributed by atoms with van der Waals surface area (Å²) in [7, 11) is 0. The zero-order chi connectivity index (χ0) is 19.5. The van der Waals surface area contributed by atoms with Gasteiger partial charge in [0.15, 0.2) is 0 Å². The van der Waals surface area contributed by atoms with Crippen molar-refractivity contribution < 1.29 is 9.34 Å². The highest BCUT2D eigenvalue weighted by Gasteiger charge is 2.15. The third-order valence-electron chi connectivity index (χ3n) is 4.42. The van der Waals surface area contributed by atoms with Crippen LogP contribution in [0.1, 0.15) is 11.1 Å². The second-order valence-electron chi connectivity index (χ2n) is 6.22. The molecule has 0 unspecified atom stereocenters. The van der Waals surface area contributed by atoms with Gasteiger partial charge in [0.25, 0.3) is 5.69 Å². The number of fused-ring (bicyclic) bond motifs is 1. The summed E-state index contributed by atoms with van der Waals surface area (Å²) in [5.41, 5.74) is 2.25. The van der Waals surface area contributed by atoms with E-state index in [2.05, 4.69) is 0 Å². The van der Waals surface area contributed by atoms with E-state index in [9.17, 15) is 14.9 Å². The summed E-state index contributed by atoms with van der Waals surface area (Å²) in [4.78, 5) is 23.6. The first-order valence-electron chi connectivity index (χ1n) is 8.67. The van der Waals surface area contributed by atoms with Gasteiger partial charge in [0.1, 0.15) is 11.3 Å². The van der Waals surface area contributed by atoms with Crippen LogP contribution in [0.25, 0.3) is 34.4 Å². The van der Waals surface area contributed by atoms with Crippen molar-refractivity contribution in [2.45, 2.75) is 0 Å². The highest BCUT2D eigenvalue weighted by molar-refractivity contribution is 5.86. The first kappa shape index (κ1) is 17.4. The highest BCUT2D eigenvalue weighted by atomic mass is 16.6. The van der Waals surface area contributed by atoms with Crippen LogP contribution in [0.4, 0.5) is 5.69 Å². The predicted octanol–water partition coefficient (Wildman–Crippen LogP) is 5.54. The van der Waals surface area contributed by atoms with Crippen molar-refractivity contribution in [3.05, 3.63) is 110 Å². The summed E-state index contributed by atoms with van der Waals surface area (Å²) in [6, 6.07) is 22.6. The van der Waals surface area contributed by atoms with Crippen LogP contribution in [0.3, 0.4) is 0 Å². The number of rotatable bonds is 4. The Labute approximate surface area is 160 Å². The second-order valence-corrected chi connectivity index (χ2v) is 6.22.